The molecule has 1 nitrogen and oxygen atoms in total. The van der Waals surface area contributed by atoms with Crippen LogP contribution in [0.2, 0.25) is 0 Å². The van der Waals surface area contributed by atoms with Crippen LogP contribution in [0.5, 0.6) is 0 Å². The molecular weight excluding hydrogens is 238 g/mol. The summed E-state index contributed by atoms with van der Waals surface area (Å²) in [6, 6.07) is 7.57. The normalized spacial score (nSPS) is 24.5. The van der Waals surface area contributed by atoms with Crippen molar-refractivity contribution in [1.82, 2.24) is 5.32 Å². The van der Waals surface area contributed by atoms with Gasteiger partial charge in [0.05, 0.1) is 0 Å². The third kappa shape index (κ3) is 2.75. The third-order valence-electron chi connectivity index (χ3n) is 3.87. The van der Waals surface area contributed by atoms with Crippen molar-refractivity contribution >= 4 is 11.8 Å². The molecule has 0 aliphatic carbocycles. The lowest BCUT2D eigenvalue weighted by molar-refractivity contribution is 0.449. The number of rotatable bonds is 1. The van der Waals surface area contributed by atoms with E-state index in [0.717, 1.165) is 5.75 Å². The van der Waals surface area contributed by atoms with Crippen molar-refractivity contribution in [2.45, 2.75) is 44.9 Å². The molecule has 2 rings (SSSR count). The second-order valence-electron chi connectivity index (χ2n) is 6.42. The van der Waals surface area contributed by atoms with Crippen LogP contribution in [0.15, 0.2) is 18.2 Å². The van der Waals surface area contributed by atoms with Gasteiger partial charge in [-0.05, 0) is 40.8 Å². The Morgan fingerprint density at radius 3 is 2.61 bits per heavy atom. The highest BCUT2D eigenvalue weighted by molar-refractivity contribution is 7.98. The fraction of sp³-hybridized carbons (Fsp3) is 0.625. The summed E-state index contributed by atoms with van der Waals surface area (Å²) in [6.45, 7) is 9.22. The molecule has 1 N–H and O–H groups in total. The highest BCUT2D eigenvalue weighted by Crippen LogP contribution is 2.36. The number of nitrogens with one attached hydrogen (secondary N) is 1. The van der Waals surface area contributed by atoms with Crippen LogP contribution >= 0.6 is 11.8 Å². The van der Waals surface area contributed by atoms with E-state index in [4.69, 9.17) is 0 Å². The minimum absolute atomic E-state index is 0.232. The van der Waals surface area contributed by atoms with Crippen LogP contribution in [0, 0.1) is 5.92 Å². The van der Waals surface area contributed by atoms with Gasteiger partial charge in [0.15, 0.2) is 0 Å². The van der Waals surface area contributed by atoms with Crippen LogP contribution in [0.1, 0.15) is 50.4 Å². The van der Waals surface area contributed by atoms with Crippen molar-refractivity contribution < 1.29 is 0 Å². The molecule has 0 spiro atoms. The predicted molar refractivity (Wildman–Crippen MR) is 82.3 cm³/mol. The topological polar surface area (TPSA) is 12.0 Å². The molecule has 2 atom stereocenters. The zero-order valence-electron chi connectivity index (χ0n) is 12.2. The van der Waals surface area contributed by atoms with Crippen molar-refractivity contribution in [3.8, 4) is 0 Å². The molecule has 0 saturated carbocycles. The van der Waals surface area contributed by atoms with Crippen molar-refractivity contribution in [3.05, 3.63) is 34.9 Å². The van der Waals surface area contributed by atoms with E-state index < -0.39 is 0 Å². The molecule has 2 heteroatoms. The van der Waals surface area contributed by atoms with Gasteiger partial charge in [-0.25, -0.2) is 0 Å². The SMILES string of the molecule is CNC1c2cc(C(C)(C)C)ccc2CSCC1C. The Hall–Kier alpha value is -0.470. The average Bonchev–Trinajstić information content (AvgIpc) is 2.45. The highest BCUT2D eigenvalue weighted by Gasteiger charge is 2.25. The molecule has 1 aliphatic rings. The molecule has 0 saturated heterocycles. The number of hydrogen-bond acceptors (Lipinski definition) is 2. The molecule has 0 amide bonds. The predicted octanol–water partition coefficient (Wildman–Crippen LogP) is 4.13. The first-order valence-electron chi connectivity index (χ1n) is 6.82. The first-order valence-corrected chi connectivity index (χ1v) is 7.97. The molecule has 0 bridgehead atoms. The van der Waals surface area contributed by atoms with E-state index >= 15 is 0 Å². The Morgan fingerprint density at radius 2 is 2.00 bits per heavy atom. The summed E-state index contributed by atoms with van der Waals surface area (Å²) < 4.78 is 0. The molecule has 18 heavy (non-hydrogen) atoms. The van der Waals surface area contributed by atoms with Crippen molar-refractivity contribution in [1.29, 1.82) is 0 Å². The van der Waals surface area contributed by atoms with E-state index in [0.29, 0.717) is 12.0 Å². The smallest absolute Gasteiger partial charge is 0.0354 e. The maximum Gasteiger partial charge on any atom is 0.0354 e. The second-order valence-corrected chi connectivity index (χ2v) is 7.45. The molecule has 1 heterocycles. The Bertz CT molecular complexity index is 420. The van der Waals surface area contributed by atoms with Gasteiger partial charge in [-0.1, -0.05) is 45.9 Å². The van der Waals surface area contributed by atoms with Gasteiger partial charge in [-0.3, -0.25) is 0 Å². The number of fused-ring (bicyclic) bond motifs is 1. The minimum Gasteiger partial charge on any atom is -0.313 e. The van der Waals surface area contributed by atoms with E-state index in [1.165, 1.54) is 22.4 Å². The fourth-order valence-electron chi connectivity index (χ4n) is 2.68. The standard InChI is InChI=1S/C16H25NS/c1-11-9-18-10-12-6-7-13(16(2,3)4)8-14(12)15(11)17-5/h6-8,11,15,17H,9-10H2,1-5H3. The van der Waals surface area contributed by atoms with Crippen LogP contribution in [0.25, 0.3) is 0 Å². The van der Waals surface area contributed by atoms with Gasteiger partial charge in [0.2, 0.25) is 0 Å². The molecule has 1 aliphatic heterocycles. The van der Waals surface area contributed by atoms with Crippen LogP contribution in [-0.2, 0) is 11.2 Å². The van der Waals surface area contributed by atoms with Gasteiger partial charge in [0.25, 0.3) is 0 Å². The molecule has 100 valence electrons. The Morgan fingerprint density at radius 1 is 1.28 bits per heavy atom. The summed E-state index contributed by atoms with van der Waals surface area (Å²) in [5, 5.41) is 3.52. The summed E-state index contributed by atoms with van der Waals surface area (Å²) in [5.41, 5.74) is 4.70. The maximum absolute atomic E-state index is 3.52. The monoisotopic (exact) mass is 263 g/mol. The summed E-state index contributed by atoms with van der Waals surface area (Å²) >= 11 is 2.06. The number of thioether (sulfide) groups is 1. The van der Waals surface area contributed by atoms with Crippen LogP contribution in [0.3, 0.4) is 0 Å². The quantitative estimate of drug-likeness (QED) is 0.817. The maximum atomic E-state index is 3.52. The number of hydrogen-bond donors (Lipinski definition) is 1. The Balaban J connectivity index is 2.47. The largest absolute Gasteiger partial charge is 0.313 e. The minimum atomic E-state index is 0.232. The molecule has 1 aromatic rings. The highest BCUT2D eigenvalue weighted by atomic mass is 32.2. The van der Waals surface area contributed by atoms with E-state index in [9.17, 15) is 0 Å². The average molecular weight is 263 g/mol. The van der Waals surface area contributed by atoms with Crippen molar-refractivity contribution in [2.24, 2.45) is 5.92 Å². The summed E-state index contributed by atoms with van der Waals surface area (Å²) in [6.07, 6.45) is 0. The first-order chi connectivity index (χ1) is 8.43. The van der Waals surface area contributed by atoms with Gasteiger partial charge < -0.3 is 5.32 Å². The fourth-order valence-corrected chi connectivity index (χ4v) is 3.84. The molecular formula is C16H25NS. The lowest BCUT2D eigenvalue weighted by Gasteiger charge is -2.26. The summed E-state index contributed by atoms with van der Waals surface area (Å²) in [5.74, 6) is 3.09. The van der Waals surface area contributed by atoms with Crippen molar-refractivity contribution in [2.75, 3.05) is 12.8 Å². The second kappa shape index (κ2) is 5.26. The van der Waals surface area contributed by atoms with Crippen LogP contribution in [-0.4, -0.2) is 12.8 Å². The molecule has 0 radical (unpaired) electrons. The Kier molecular flexibility index (Phi) is 4.08. The molecule has 2 unspecified atom stereocenters. The van der Waals surface area contributed by atoms with Gasteiger partial charge in [-0.2, -0.15) is 11.8 Å². The summed E-state index contributed by atoms with van der Waals surface area (Å²) in [7, 11) is 2.09. The van der Waals surface area contributed by atoms with E-state index in [1.54, 1.807) is 0 Å². The van der Waals surface area contributed by atoms with Gasteiger partial charge >= 0.3 is 0 Å². The Labute approximate surface area is 116 Å². The third-order valence-corrected chi connectivity index (χ3v) is 5.14. The van der Waals surface area contributed by atoms with Gasteiger partial charge in [0.1, 0.15) is 0 Å². The summed E-state index contributed by atoms with van der Waals surface area (Å²) in [4.78, 5) is 0. The first kappa shape index (κ1) is 14.0. The molecule has 0 aromatic heterocycles. The van der Waals surface area contributed by atoms with Crippen LogP contribution in [0.4, 0.5) is 0 Å². The van der Waals surface area contributed by atoms with E-state index in [2.05, 4.69) is 70.0 Å². The zero-order chi connectivity index (χ0) is 13.3. The lowest BCUT2D eigenvalue weighted by atomic mass is 9.83. The molecule has 1 aromatic carbocycles. The van der Waals surface area contributed by atoms with Crippen molar-refractivity contribution in [3.63, 3.8) is 0 Å². The zero-order valence-corrected chi connectivity index (χ0v) is 13.0. The van der Waals surface area contributed by atoms with Crippen LogP contribution < -0.4 is 5.32 Å². The van der Waals surface area contributed by atoms with E-state index in [1.807, 2.05) is 0 Å². The number of benzene rings is 1. The van der Waals surface area contributed by atoms with Gasteiger partial charge in [-0.15, -0.1) is 0 Å². The molecule has 0 fully saturated rings. The van der Waals surface area contributed by atoms with E-state index in [-0.39, 0.29) is 5.41 Å². The lowest BCUT2D eigenvalue weighted by Crippen LogP contribution is -2.25. The van der Waals surface area contributed by atoms with Gasteiger partial charge in [0, 0.05) is 11.8 Å².